The monoisotopic (exact) mass is 328 g/mol. The molecule has 2 aromatic rings. The van der Waals surface area contributed by atoms with Gasteiger partial charge in [-0.25, -0.2) is 0 Å². The molecule has 0 bridgehead atoms. The van der Waals surface area contributed by atoms with Gasteiger partial charge in [0, 0.05) is 24.7 Å². The van der Waals surface area contributed by atoms with E-state index in [4.69, 9.17) is 11.6 Å². The normalized spacial score (nSPS) is 17.7. The van der Waals surface area contributed by atoms with E-state index in [0.29, 0.717) is 0 Å². The average molecular weight is 329 g/mol. The molecule has 0 aromatic heterocycles. The van der Waals surface area contributed by atoms with E-state index >= 15 is 0 Å². The lowest BCUT2D eigenvalue weighted by atomic mass is 9.94. The van der Waals surface area contributed by atoms with Crippen molar-refractivity contribution in [2.75, 3.05) is 26.2 Å². The fourth-order valence-corrected chi connectivity index (χ4v) is 3.78. The molecule has 0 spiro atoms. The van der Waals surface area contributed by atoms with E-state index in [1.54, 1.807) is 0 Å². The smallest absolute Gasteiger partial charge is 0.0602 e. The Morgan fingerprint density at radius 1 is 0.957 bits per heavy atom. The van der Waals surface area contributed by atoms with Crippen LogP contribution < -0.4 is 5.32 Å². The molecule has 1 unspecified atom stereocenters. The first-order valence-corrected chi connectivity index (χ1v) is 8.80. The Balaban J connectivity index is 2.04. The van der Waals surface area contributed by atoms with Gasteiger partial charge in [0.2, 0.25) is 0 Å². The van der Waals surface area contributed by atoms with E-state index in [-0.39, 0.29) is 6.04 Å². The van der Waals surface area contributed by atoms with Crippen molar-refractivity contribution in [3.63, 3.8) is 0 Å². The van der Waals surface area contributed by atoms with Gasteiger partial charge < -0.3 is 5.32 Å². The molecule has 1 atom stereocenters. The number of halogens is 1. The van der Waals surface area contributed by atoms with Gasteiger partial charge in [0.05, 0.1) is 6.04 Å². The minimum absolute atomic E-state index is 0.271. The van der Waals surface area contributed by atoms with E-state index in [2.05, 4.69) is 60.5 Å². The first-order valence-electron chi connectivity index (χ1n) is 8.42. The number of aryl methyl sites for hydroxylation is 2. The van der Waals surface area contributed by atoms with Crippen LogP contribution in [0.25, 0.3) is 0 Å². The molecule has 0 aliphatic carbocycles. The largest absolute Gasteiger partial charge is 0.315 e. The van der Waals surface area contributed by atoms with Crippen molar-refractivity contribution in [3.8, 4) is 0 Å². The molecule has 0 saturated carbocycles. The van der Waals surface area contributed by atoms with Gasteiger partial charge in [0.1, 0.15) is 0 Å². The zero-order valence-corrected chi connectivity index (χ0v) is 14.7. The highest BCUT2D eigenvalue weighted by Gasteiger charge is 2.23. The predicted molar refractivity (Wildman–Crippen MR) is 98.3 cm³/mol. The highest BCUT2D eigenvalue weighted by atomic mass is 35.5. The molecule has 1 saturated heterocycles. The quantitative estimate of drug-likeness (QED) is 0.901. The number of nitrogens with one attached hydrogen (secondary N) is 1. The van der Waals surface area contributed by atoms with Gasteiger partial charge in [0.15, 0.2) is 0 Å². The summed E-state index contributed by atoms with van der Waals surface area (Å²) in [5.41, 5.74) is 5.29. The molecule has 122 valence electrons. The Morgan fingerprint density at radius 3 is 2.48 bits per heavy atom. The van der Waals surface area contributed by atoms with Crippen LogP contribution in [0.4, 0.5) is 0 Å². The highest BCUT2D eigenvalue weighted by Crippen LogP contribution is 2.31. The van der Waals surface area contributed by atoms with Crippen LogP contribution in [0.2, 0.25) is 5.02 Å². The standard InChI is InChI=1S/C20H25ClN2/c1-15-11-16(2)13-18(12-15)20(17-5-3-6-19(21)14-17)23-9-4-7-22-8-10-23/h3,5-6,11-14,20,22H,4,7-10H2,1-2H3. The second kappa shape index (κ2) is 7.48. The molecule has 3 rings (SSSR count). The van der Waals surface area contributed by atoms with Gasteiger partial charge in [-0.05, 0) is 50.1 Å². The van der Waals surface area contributed by atoms with Crippen molar-refractivity contribution in [3.05, 3.63) is 69.7 Å². The molecule has 2 nitrogen and oxygen atoms in total. The maximum absolute atomic E-state index is 6.28. The second-order valence-electron chi connectivity index (χ2n) is 6.52. The average Bonchev–Trinajstić information content (AvgIpc) is 2.76. The van der Waals surface area contributed by atoms with Crippen LogP contribution >= 0.6 is 11.6 Å². The summed E-state index contributed by atoms with van der Waals surface area (Å²) in [6, 6.07) is 15.5. The van der Waals surface area contributed by atoms with Crippen LogP contribution in [0, 0.1) is 13.8 Å². The maximum atomic E-state index is 6.28. The Morgan fingerprint density at radius 2 is 1.74 bits per heavy atom. The van der Waals surface area contributed by atoms with Gasteiger partial charge in [-0.2, -0.15) is 0 Å². The summed E-state index contributed by atoms with van der Waals surface area (Å²) in [5.74, 6) is 0. The summed E-state index contributed by atoms with van der Waals surface area (Å²) in [7, 11) is 0. The van der Waals surface area contributed by atoms with E-state index < -0.39 is 0 Å². The fourth-order valence-electron chi connectivity index (χ4n) is 3.58. The number of hydrogen-bond donors (Lipinski definition) is 1. The summed E-state index contributed by atoms with van der Waals surface area (Å²) >= 11 is 6.28. The van der Waals surface area contributed by atoms with Crippen molar-refractivity contribution in [2.24, 2.45) is 0 Å². The molecule has 1 aliphatic rings. The topological polar surface area (TPSA) is 15.3 Å². The van der Waals surface area contributed by atoms with Crippen LogP contribution in [0.3, 0.4) is 0 Å². The predicted octanol–water partition coefficient (Wildman–Crippen LogP) is 4.34. The lowest BCUT2D eigenvalue weighted by Crippen LogP contribution is -2.33. The van der Waals surface area contributed by atoms with Crippen LogP contribution in [0.15, 0.2) is 42.5 Å². The Hall–Kier alpha value is -1.35. The SMILES string of the molecule is Cc1cc(C)cc(C(c2cccc(Cl)c2)N2CCCNCC2)c1. The summed E-state index contributed by atoms with van der Waals surface area (Å²) < 4.78 is 0. The van der Waals surface area contributed by atoms with Crippen molar-refractivity contribution in [1.29, 1.82) is 0 Å². The molecule has 2 aromatic carbocycles. The molecule has 0 radical (unpaired) electrons. The second-order valence-corrected chi connectivity index (χ2v) is 6.95. The summed E-state index contributed by atoms with van der Waals surface area (Å²) in [4.78, 5) is 2.58. The van der Waals surface area contributed by atoms with Crippen molar-refractivity contribution >= 4 is 11.6 Å². The molecule has 23 heavy (non-hydrogen) atoms. The fraction of sp³-hybridized carbons (Fsp3) is 0.400. The minimum atomic E-state index is 0.271. The molecule has 0 amide bonds. The Kier molecular flexibility index (Phi) is 5.37. The van der Waals surface area contributed by atoms with Gasteiger partial charge in [0.25, 0.3) is 0 Å². The molecule has 1 heterocycles. The first-order chi connectivity index (χ1) is 11.1. The third-order valence-corrected chi connectivity index (χ3v) is 4.70. The van der Waals surface area contributed by atoms with Crippen LogP contribution in [0.5, 0.6) is 0 Å². The molecular formula is C20H25ClN2. The number of rotatable bonds is 3. The summed E-state index contributed by atoms with van der Waals surface area (Å²) in [5, 5.41) is 4.31. The molecule has 1 aliphatic heterocycles. The first kappa shape index (κ1) is 16.5. The third kappa shape index (κ3) is 4.14. The van der Waals surface area contributed by atoms with Gasteiger partial charge >= 0.3 is 0 Å². The maximum Gasteiger partial charge on any atom is 0.0602 e. The van der Waals surface area contributed by atoms with Crippen LogP contribution in [-0.2, 0) is 0 Å². The van der Waals surface area contributed by atoms with Crippen molar-refractivity contribution in [2.45, 2.75) is 26.3 Å². The van der Waals surface area contributed by atoms with E-state index in [9.17, 15) is 0 Å². The number of hydrogen-bond acceptors (Lipinski definition) is 2. The molecule has 1 fully saturated rings. The molecular weight excluding hydrogens is 304 g/mol. The molecule has 3 heteroatoms. The van der Waals surface area contributed by atoms with E-state index in [0.717, 1.165) is 31.2 Å². The summed E-state index contributed by atoms with van der Waals surface area (Å²) in [6.45, 7) is 8.67. The Labute approximate surface area is 144 Å². The van der Waals surface area contributed by atoms with Gasteiger partial charge in [-0.15, -0.1) is 0 Å². The number of benzene rings is 2. The van der Waals surface area contributed by atoms with E-state index in [1.165, 1.54) is 28.7 Å². The Bertz CT molecular complexity index is 640. The zero-order valence-electron chi connectivity index (χ0n) is 14.0. The summed E-state index contributed by atoms with van der Waals surface area (Å²) in [6.07, 6.45) is 1.18. The van der Waals surface area contributed by atoms with Gasteiger partial charge in [-0.1, -0.05) is 53.1 Å². The lowest BCUT2D eigenvalue weighted by Gasteiger charge is -2.32. The van der Waals surface area contributed by atoms with Crippen LogP contribution in [0.1, 0.15) is 34.7 Å². The highest BCUT2D eigenvalue weighted by molar-refractivity contribution is 6.30. The third-order valence-electron chi connectivity index (χ3n) is 4.46. The number of nitrogens with zero attached hydrogens (tertiary/aromatic N) is 1. The molecule has 1 N–H and O–H groups in total. The minimum Gasteiger partial charge on any atom is -0.315 e. The van der Waals surface area contributed by atoms with Crippen LogP contribution in [-0.4, -0.2) is 31.1 Å². The van der Waals surface area contributed by atoms with E-state index in [1.807, 2.05) is 6.07 Å². The van der Waals surface area contributed by atoms with Crippen molar-refractivity contribution < 1.29 is 0 Å². The van der Waals surface area contributed by atoms with Gasteiger partial charge in [-0.3, -0.25) is 4.90 Å². The van der Waals surface area contributed by atoms with Crippen molar-refractivity contribution in [1.82, 2.24) is 10.2 Å². The lowest BCUT2D eigenvalue weighted by molar-refractivity contribution is 0.241. The zero-order chi connectivity index (χ0) is 16.2.